The second kappa shape index (κ2) is 6.38. The lowest BCUT2D eigenvalue weighted by molar-refractivity contribution is 0.0480. The van der Waals surface area contributed by atoms with Crippen LogP contribution in [0.25, 0.3) is 0 Å². The van der Waals surface area contributed by atoms with E-state index in [2.05, 4.69) is 30.8 Å². The van der Waals surface area contributed by atoms with Crippen LogP contribution in [0.1, 0.15) is 51.9 Å². The van der Waals surface area contributed by atoms with Gasteiger partial charge in [0.2, 0.25) is 0 Å². The molecule has 1 aliphatic carbocycles. The van der Waals surface area contributed by atoms with Crippen molar-refractivity contribution in [3.05, 3.63) is 0 Å². The van der Waals surface area contributed by atoms with Gasteiger partial charge in [0, 0.05) is 0 Å². The molecule has 1 saturated heterocycles. The van der Waals surface area contributed by atoms with Gasteiger partial charge in [-0.3, -0.25) is 0 Å². The first-order chi connectivity index (χ1) is 8.60. The third-order valence-electron chi connectivity index (χ3n) is 5.18. The van der Waals surface area contributed by atoms with E-state index in [0.29, 0.717) is 0 Å². The van der Waals surface area contributed by atoms with Crippen molar-refractivity contribution < 1.29 is 0 Å². The van der Waals surface area contributed by atoms with Gasteiger partial charge in [-0.2, -0.15) is 0 Å². The van der Waals surface area contributed by atoms with E-state index < -0.39 is 0 Å². The predicted octanol–water partition coefficient (Wildman–Crippen LogP) is 3.23. The SMILES string of the molecule is C[C@@H]1CCCC2(CCN(CCCN(C)C)CC2)C1. The van der Waals surface area contributed by atoms with Crippen molar-refractivity contribution in [1.29, 1.82) is 0 Å². The minimum absolute atomic E-state index is 0.746. The maximum absolute atomic E-state index is 2.70. The van der Waals surface area contributed by atoms with E-state index >= 15 is 0 Å². The molecule has 106 valence electrons. The zero-order valence-electron chi connectivity index (χ0n) is 12.7. The van der Waals surface area contributed by atoms with Crippen LogP contribution in [0.5, 0.6) is 0 Å². The Morgan fingerprint density at radius 1 is 1.17 bits per heavy atom. The lowest BCUT2D eigenvalue weighted by atomic mass is 9.65. The molecule has 2 heteroatoms. The van der Waals surface area contributed by atoms with E-state index in [9.17, 15) is 0 Å². The number of likely N-dealkylation sites (tertiary alicyclic amines) is 1. The smallest absolute Gasteiger partial charge is 0.000654 e. The van der Waals surface area contributed by atoms with Crippen LogP contribution in [0.15, 0.2) is 0 Å². The molecule has 2 nitrogen and oxygen atoms in total. The second-order valence-electron chi connectivity index (χ2n) is 7.20. The highest BCUT2D eigenvalue weighted by Gasteiger charge is 2.37. The van der Waals surface area contributed by atoms with Crippen LogP contribution in [-0.4, -0.2) is 50.1 Å². The molecule has 1 saturated carbocycles. The average molecular weight is 252 g/mol. The summed E-state index contributed by atoms with van der Waals surface area (Å²) in [6.07, 6.45) is 10.3. The summed E-state index contributed by atoms with van der Waals surface area (Å²) in [4.78, 5) is 5.00. The molecule has 0 radical (unpaired) electrons. The van der Waals surface area contributed by atoms with Crippen LogP contribution in [-0.2, 0) is 0 Å². The molecule has 1 spiro atoms. The maximum Gasteiger partial charge on any atom is -0.000654 e. The molecule has 2 aliphatic rings. The maximum atomic E-state index is 2.70. The van der Waals surface area contributed by atoms with Gasteiger partial charge >= 0.3 is 0 Å². The summed E-state index contributed by atoms with van der Waals surface area (Å²) in [6.45, 7) is 7.73. The molecular formula is C16H32N2. The summed E-state index contributed by atoms with van der Waals surface area (Å²) in [7, 11) is 4.35. The van der Waals surface area contributed by atoms with E-state index in [0.717, 1.165) is 11.3 Å². The Hall–Kier alpha value is -0.0800. The molecular weight excluding hydrogens is 220 g/mol. The molecule has 0 aromatic carbocycles. The number of hydrogen-bond acceptors (Lipinski definition) is 2. The van der Waals surface area contributed by atoms with Crippen LogP contribution in [0.2, 0.25) is 0 Å². The Morgan fingerprint density at radius 2 is 1.89 bits per heavy atom. The third-order valence-corrected chi connectivity index (χ3v) is 5.18. The summed E-state index contributed by atoms with van der Waals surface area (Å²) in [5.41, 5.74) is 0.746. The monoisotopic (exact) mass is 252 g/mol. The lowest BCUT2D eigenvalue weighted by Gasteiger charge is -2.46. The van der Waals surface area contributed by atoms with E-state index in [1.807, 2.05) is 0 Å². The van der Waals surface area contributed by atoms with Gasteiger partial charge in [-0.15, -0.1) is 0 Å². The van der Waals surface area contributed by atoms with Crippen molar-refractivity contribution in [2.75, 3.05) is 40.3 Å². The molecule has 0 amide bonds. The fourth-order valence-electron chi connectivity index (χ4n) is 4.08. The van der Waals surface area contributed by atoms with Crippen molar-refractivity contribution in [3.8, 4) is 0 Å². The van der Waals surface area contributed by atoms with Crippen molar-refractivity contribution in [2.45, 2.75) is 51.9 Å². The van der Waals surface area contributed by atoms with Crippen molar-refractivity contribution in [1.82, 2.24) is 9.80 Å². The Bertz CT molecular complexity index is 241. The largest absolute Gasteiger partial charge is 0.309 e. The summed E-state index contributed by atoms with van der Waals surface area (Å²) in [6, 6.07) is 0. The minimum atomic E-state index is 0.746. The van der Waals surface area contributed by atoms with Crippen LogP contribution in [0.3, 0.4) is 0 Å². The zero-order chi connectivity index (χ0) is 13.0. The van der Waals surface area contributed by atoms with Gasteiger partial charge in [-0.1, -0.05) is 19.8 Å². The molecule has 0 unspecified atom stereocenters. The van der Waals surface area contributed by atoms with Gasteiger partial charge < -0.3 is 9.80 Å². The number of rotatable bonds is 4. The molecule has 1 heterocycles. The predicted molar refractivity (Wildman–Crippen MR) is 78.9 cm³/mol. The first-order valence-corrected chi connectivity index (χ1v) is 7.97. The van der Waals surface area contributed by atoms with Crippen molar-refractivity contribution >= 4 is 0 Å². The molecule has 0 aromatic heterocycles. The van der Waals surface area contributed by atoms with E-state index in [1.54, 1.807) is 0 Å². The Kier molecular flexibility index (Phi) is 5.08. The van der Waals surface area contributed by atoms with Gasteiger partial charge in [-0.05, 0) is 83.7 Å². The zero-order valence-corrected chi connectivity index (χ0v) is 12.7. The fraction of sp³-hybridized carbons (Fsp3) is 1.00. The van der Waals surface area contributed by atoms with Gasteiger partial charge in [0.15, 0.2) is 0 Å². The topological polar surface area (TPSA) is 6.48 Å². The molecule has 2 rings (SSSR count). The highest BCUT2D eigenvalue weighted by atomic mass is 15.1. The fourth-order valence-corrected chi connectivity index (χ4v) is 4.08. The van der Waals surface area contributed by atoms with Crippen LogP contribution >= 0.6 is 0 Å². The van der Waals surface area contributed by atoms with E-state index in [4.69, 9.17) is 0 Å². The first kappa shape index (κ1) is 14.3. The Balaban J connectivity index is 1.70. The average Bonchev–Trinajstić information content (AvgIpc) is 2.31. The Labute approximate surface area is 114 Å². The first-order valence-electron chi connectivity index (χ1n) is 7.97. The van der Waals surface area contributed by atoms with Crippen molar-refractivity contribution in [3.63, 3.8) is 0 Å². The quantitative estimate of drug-likeness (QED) is 0.758. The third kappa shape index (κ3) is 3.96. The van der Waals surface area contributed by atoms with Gasteiger partial charge in [-0.25, -0.2) is 0 Å². The molecule has 0 bridgehead atoms. The molecule has 2 fully saturated rings. The van der Waals surface area contributed by atoms with Gasteiger partial charge in [0.1, 0.15) is 0 Å². The van der Waals surface area contributed by atoms with E-state index in [-0.39, 0.29) is 0 Å². The van der Waals surface area contributed by atoms with Crippen LogP contribution in [0.4, 0.5) is 0 Å². The number of nitrogens with zero attached hydrogens (tertiary/aromatic N) is 2. The summed E-state index contributed by atoms with van der Waals surface area (Å²) < 4.78 is 0. The number of piperidine rings is 1. The molecule has 0 aromatic rings. The van der Waals surface area contributed by atoms with Crippen molar-refractivity contribution in [2.24, 2.45) is 11.3 Å². The second-order valence-corrected chi connectivity index (χ2v) is 7.20. The number of hydrogen-bond donors (Lipinski definition) is 0. The van der Waals surface area contributed by atoms with Crippen LogP contribution in [0, 0.1) is 11.3 Å². The molecule has 1 aliphatic heterocycles. The van der Waals surface area contributed by atoms with E-state index in [1.165, 1.54) is 71.1 Å². The molecule has 18 heavy (non-hydrogen) atoms. The Morgan fingerprint density at radius 3 is 2.50 bits per heavy atom. The summed E-state index contributed by atoms with van der Waals surface area (Å²) >= 11 is 0. The lowest BCUT2D eigenvalue weighted by Crippen LogP contribution is -2.42. The van der Waals surface area contributed by atoms with Gasteiger partial charge in [0.25, 0.3) is 0 Å². The molecule has 1 atom stereocenters. The normalized spacial score (nSPS) is 29.0. The summed E-state index contributed by atoms with van der Waals surface area (Å²) in [5, 5.41) is 0. The highest BCUT2D eigenvalue weighted by Crippen LogP contribution is 2.46. The van der Waals surface area contributed by atoms with Crippen LogP contribution < -0.4 is 0 Å². The minimum Gasteiger partial charge on any atom is -0.309 e. The van der Waals surface area contributed by atoms with Gasteiger partial charge in [0.05, 0.1) is 0 Å². The standard InChI is InChI=1S/C16H32N2/c1-15-6-4-7-16(14-15)8-12-18(13-9-16)11-5-10-17(2)3/h15H,4-14H2,1-3H3/t15-/m1/s1. The highest BCUT2D eigenvalue weighted by molar-refractivity contribution is 4.90. The molecule has 0 N–H and O–H groups in total. The summed E-state index contributed by atoms with van der Waals surface area (Å²) in [5.74, 6) is 0.985.